The monoisotopic (exact) mass is 456 g/mol. The van der Waals surface area contributed by atoms with Crippen LogP contribution in [0.2, 0.25) is 0 Å². The van der Waals surface area contributed by atoms with Gasteiger partial charge in [0.05, 0.1) is 24.7 Å². The van der Waals surface area contributed by atoms with E-state index >= 15 is 0 Å². The summed E-state index contributed by atoms with van der Waals surface area (Å²) in [4.78, 5) is 11.3. The number of aromatic nitrogens is 2. The van der Waals surface area contributed by atoms with Gasteiger partial charge in [0.2, 0.25) is 10.0 Å². The summed E-state index contributed by atoms with van der Waals surface area (Å²) < 4.78 is 65.5. The molecule has 1 aromatic rings. The van der Waals surface area contributed by atoms with E-state index in [0.717, 1.165) is 26.2 Å². The van der Waals surface area contributed by atoms with Gasteiger partial charge in [0, 0.05) is 56.3 Å². The first-order chi connectivity index (χ1) is 13.9. The Bertz CT molecular complexity index is 815. The summed E-state index contributed by atoms with van der Waals surface area (Å²) in [5.41, 5.74) is 1.22. The quantitative estimate of drug-likeness (QED) is 0.627. The van der Waals surface area contributed by atoms with Crippen LogP contribution in [-0.4, -0.2) is 78.4 Å². The van der Waals surface area contributed by atoms with Gasteiger partial charge in [0.25, 0.3) is 0 Å². The molecule has 1 aromatic heterocycles. The number of hydrogen-bond donors (Lipinski definition) is 2. The third kappa shape index (κ3) is 6.93. The van der Waals surface area contributed by atoms with E-state index in [1.165, 1.54) is 5.56 Å². The maximum atomic E-state index is 11.6. The molecule has 2 aliphatic rings. The molecule has 13 heteroatoms. The number of carboxylic acid groups (broad SMARTS) is 1. The fourth-order valence-electron chi connectivity index (χ4n) is 3.47. The molecular formula is C17H27F3N4O5S. The first kappa shape index (κ1) is 24.6. The van der Waals surface area contributed by atoms with Crippen LogP contribution in [0.3, 0.4) is 0 Å². The van der Waals surface area contributed by atoms with Crippen molar-refractivity contribution < 1.29 is 36.2 Å². The molecule has 3 atom stereocenters. The molecule has 172 valence electrons. The molecule has 0 radical (unpaired) electrons. The van der Waals surface area contributed by atoms with Gasteiger partial charge in [0.15, 0.2) is 0 Å². The number of nitrogens with one attached hydrogen (secondary N) is 1. The van der Waals surface area contributed by atoms with E-state index in [9.17, 15) is 21.6 Å². The Balaban J connectivity index is 0.000000396. The zero-order valence-corrected chi connectivity index (χ0v) is 17.6. The van der Waals surface area contributed by atoms with Gasteiger partial charge in [0.1, 0.15) is 0 Å². The van der Waals surface area contributed by atoms with Gasteiger partial charge in [-0.25, -0.2) is 17.9 Å². The molecule has 0 aromatic carbocycles. The van der Waals surface area contributed by atoms with Gasteiger partial charge in [-0.05, 0) is 13.8 Å². The highest BCUT2D eigenvalue weighted by Gasteiger charge is 2.43. The molecule has 9 nitrogen and oxygen atoms in total. The number of aliphatic carboxylic acids is 1. The summed E-state index contributed by atoms with van der Waals surface area (Å²) in [5.74, 6) is -1.95. The van der Waals surface area contributed by atoms with Crippen LogP contribution >= 0.6 is 0 Å². The number of alkyl halides is 3. The second kappa shape index (κ2) is 10.1. The summed E-state index contributed by atoms with van der Waals surface area (Å²) in [7, 11) is -3.13. The minimum Gasteiger partial charge on any atom is -0.475 e. The summed E-state index contributed by atoms with van der Waals surface area (Å²) in [6.07, 6.45) is -0.847. The number of fused-ring (bicyclic) bond motifs is 1. The van der Waals surface area contributed by atoms with Crippen LogP contribution in [0.1, 0.15) is 19.4 Å². The standard InChI is InChI=1S/C15H26N4O3S.C2HF3O2/c1-3-19-8-12(5-16-19)7-18-9-14-13(11-22-15(14)10-18)6-17-23(20,21)4-2;3-2(4,5)1(6)7/h5,8,13-15,17H,3-4,6-7,9-11H2,1-2H3;(H,6,7)/t13-,14-,15-;/m1./s1. The third-order valence-corrected chi connectivity index (χ3v) is 6.49. The molecule has 2 fully saturated rings. The Morgan fingerprint density at radius 2 is 2.03 bits per heavy atom. The van der Waals surface area contributed by atoms with E-state index < -0.39 is 22.2 Å². The molecule has 2 saturated heterocycles. The fourth-order valence-corrected chi connectivity index (χ4v) is 4.15. The third-order valence-electron chi connectivity index (χ3n) is 5.12. The van der Waals surface area contributed by atoms with Crippen LogP contribution in [0.15, 0.2) is 12.4 Å². The Labute approximate surface area is 173 Å². The van der Waals surface area contributed by atoms with E-state index in [-0.39, 0.29) is 17.8 Å². The van der Waals surface area contributed by atoms with Gasteiger partial charge in [-0.15, -0.1) is 0 Å². The lowest BCUT2D eigenvalue weighted by molar-refractivity contribution is -0.192. The maximum absolute atomic E-state index is 11.6. The van der Waals surface area contributed by atoms with E-state index in [2.05, 4.69) is 27.8 Å². The van der Waals surface area contributed by atoms with E-state index in [1.807, 2.05) is 10.9 Å². The Morgan fingerprint density at radius 3 is 2.57 bits per heavy atom. The van der Waals surface area contributed by atoms with E-state index in [0.29, 0.717) is 19.1 Å². The largest absolute Gasteiger partial charge is 0.490 e. The molecule has 0 unspecified atom stereocenters. The number of carbonyl (C=O) groups is 1. The molecule has 0 spiro atoms. The predicted molar refractivity (Wildman–Crippen MR) is 101 cm³/mol. The Hall–Kier alpha value is -1.70. The van der Waals surface area contributed by atoms with Crippen LogP contribution in [-0.2, 0) is 32.6 Å². The number of carboxylic acids is 1. The van der Waals surface area contributed by atoms with Crippen molar-refractivity contribution in [1.82, 2.24) is 19.4 Å². The first-order valence-corrected chi connectivity index (χ1v) is 11.2. The molecule has 0 aliphatic carbocycles. The second-order valence-corrected chi connectivity index (χ2v) is 9.34. The summed E-state index contributed by atoms with van der Waals surface area (Å²) in [6.45, 7) is 8.51. The van der Waals surface area contributed by atoms with Gasteiger partial charge >= 0.3 is 12.1 Å². The number of ether oxygens (including phenoxy) is 1. The first-order valence-electron chi connectivity index (χ1n) is 9.57. The molecule has 0 bridgehead atoms. The van der Waals surface area contributed by atoms with Crippen LogP contribution in [0, 0.1) is 11.8 Å². The number of likely N-dealkylation sites (tertiary alicyclic amines) is 1. The molecule has 2 aliphatic heterocycles. The van der Waals surface area contributed by atoms with Crippen LogP contribution in [0.25, 0.3) is 0 Å². The van der Waals surface area contributed by atoms with Crippen molar-refractivity contribution in [3.63, 3.8) is 0 Å². The van der Waals surface area contributed by atoms with Crippen molar-refractivity contribution in [2.45, 2.75) is 39.2 Å². The average molecular weight is 456 g/mol. The molecule has 30 heavy (non-hydrogen) atoms. The molecule has 2 N–H and O–H groups in total. The Morgan fingerprint density at radius 1 is 1.37 bits per heavy atom. The van der Waals surface area contributed by atoms with Crippen molar-refractivity contribution in [3.8, 4) is 0 Å². The highest BCUT2D eigenvalue weighted by molar-refractivity contribution is 7.89. The van der Waals surface area contributed by atoms with Gasteiger partial charge in [-0.3, -0.25) is 9.58 Å². The minimum atomic E-state index is -5.08. The lowest BCUT2D eigenvalue weighted by Crippen LogP contribution is -2.34. The number of halogens is 3. The topological polar surface area (TPSA) is 114 Å². The van der Waals surface area contributed by atoms with Gasteiger partial charge < -0.3 is 9.84 Å². The van der Waals surface area contributed by atoms with Crippen molar-refractivity contribution in [3.05, 3.63) is 18.0 Å². The lowest BCUT2D eigenvalue weighted by Gasteiger charge is -2.19. The number of aryl methyl sites for hydroxylation is 1. The number of rotatable bonds is 7. The SMILES string of the molecule is CCn1cc(CN2C[C@@H]3[C@H](CNS(=O)(=O)CC)CO[C@@H]3C2)cn1.O=C(O)C(F)(F)F. The maximum Gasteiger partial charge on any atom is 0.490 e. The normalized spacial score (nSPS) is 24.4. The van der Waals surface area contributed by atoms with Gasteiger partial charge in [-0.2, -0.15) is 18.3 Å². The highest BCUT2D eigenvalue weighted by atomic mass is 32.2. The second-order valence-electron chi connectivity index (χ2n) is 7.25. The number of sulfonamides is 1. The van der Waals surface area contributed by atoms with Crippen molar-refractivity contribution in [2.75, 3.05) is 32.0 Å². The van der Waals surface area contributed by atoms with Crippen molar-refractivity contribution in [2.24, 2.45) is 11.8 Å². The number of nitrogens with zero attached hydrogens (tertiary/aromatic N) is 3. The van der Waals surface area contributed by atoms with Crippen LogP contribution in [0.4, 0.5) is 13.2 Å². The lowest BCUT2D eigenvalue weighted by atomic mass is 9.93. The smallest absolute Gasteiger partial charge is 0.475 e. The summed E-state index contributed by atoms with van der Waals surface area (Å²) in [6, 6.07) is 0. The Kier molecular flexibility index (Phi) is 8.25. The summed E-state index contributed by atoms with van der Waals surface area (Å²) in [5, 5.41) is 11.4. The molecule has 3 rings (SSSR count). The molecule has 0 saturated carbocycles. The molecule has 0 amide bonds. The predicted octanol–water partition coefficient (Wildman–Crippen LogP) is 0.922. The zero-order valence-electron chi connectivity index (χ0n) is 16.8. The molecule has 3 heterocycles. The van der Waals surface area contributed by atoms with E-state index in [4.69, 9.17) is 14.6 Å². The number of hydrogen-bond acceptors (Lipinski definition) is 6. The summed E-state index contributed by atoms with van der Waals surface area (Å²) >= 11 is 0. The molecular weight excluding hydrogens is 429 g/mol. The van der Waals surface area contributed by atoms with Crippen LogP contribution < -0.4 is 4.72 Å². The van der Waals surface area contributed by atoms with Gasteiger partial charge in [-0.1, -0.05) is 0 Å². The van der Waals surface area contributed by atoms with Crippen molar-refractivity contribution >= 4 is 16.0 Å². The van der Waals surface area contributed by atoms with E-state index in [1.54, 1.807) is 6.92 Å². The van der Waals surface area contributed by atoms with Crippen molar-refractivity contribution in [1.29, 1.82) is 0 Å². The average Bonchev–Trinajstić information content (AvgIpc) is 3.36. The fraction of sp³-hybridized carbons (Fsp3) is 0.765. The van der Waals surface area contributed by atoms with Crippen LogP contribution in [0.5, 0.6) is 0 Å². The zero-order chi connectivity index (χ0) is 22.5. The minimum absolute atomic E-state index is 0.127. The highest BCUT2D eigenvalue weighted by Crippen LogP contribution is 2.34.